The fourth-order valence-electron chi connectivity index (χ4n) is 2.93. The molecule has 26 heavy (non-hydrogen) atoms. The van der Waals surface area contributed by atoms with Crippen molar-refractivity contribution in [2.75, 3.05) is 0 Å². The molecule has 2 nitrogen and oxygen atoms in total. The van der Waals surface area contributed by atoms with Gasteiger partial charge in [0.25, 0.3) is 5.92 Å². The molecule has 138 valence electrons. The van der Waals surface area contributed by atoms with Crippen molar-refractivity contribution in [1.82, 2.24) is 0 Å². The molecule has 0 N–H and O–H groups in total. The third-order valence-electron chi connectivity index (χ3n) is 5.40. The van der Waals surface area contributed by atoms with E-state index in [0.717, 1.165) is 0 Å². The number of halogens is 3. The molecule has 6 heteroatoms. The highest BCUT2D eigenvalue weighted by Crippen LogP contribution is 2.39. The highest BCUT2D eigenvalue weighted by atomic mass is 19.3. The van der Waals surface area contributed by atoms with Gasteiger partial charge in [-0.25, -0.2) is 4.39 Å². The molecular formula is C20H22BF3O2. The number of benzene rings is 2. The number of rotatable bonds is 3. The molecule has 0 radical (unpaired) electrons. The van der Waals surface area contributed by atoms with Crippen LogP contribution in [-0.4, -0.2) is 18.3 Å². The van der Waals surface area contributed by atoms with Gasteiger partial charge in [0.05, 0.1) is 11.2 Å². The summed E-state index contributed by atoms with van der Waals surface area (Å²) in [4.78, 5) is 0. The molecule has 1 fully saturated rings. The standard InChI is InChI=1S/C20H22BF3O2/c1-13-16(7-6-8-17(13)22)20(23,24)14-9-11-15(12-10-14)21-25-18(2,3)19(4,5)26-21/h6-12H,1-5H3. The quantitative estimate of drug-likeness (QED) is 0.745. The second kappa shape index (κ2) is 6.13. The van der Waals surface area contributed by atoms with Crippen LogP contribution in [0.1, 0.15) is 44.4 Å². The Morgan fingerprint density at radius 1 is 0.885 bits per heavy atom. The van der Waals surface area contributed by atoms with Gasteiger partial charge in [0.2, 0.25) is 0 Å². The van der Waals surface area contributed by atoms with Crippen molar-refractivity contribution in [2.24, 2.45) is 0 Å². The SMILES string of the molecule is Cc1c(F)cccc1C(F)(F)c1ccc(B2OC(C)(C)C(C)(C)O2)cc1. The molecule has 1 aliphatic heterocycles. The Balaban J connectivity index is 1.89. The molecule has 0 aliphatic carbocycles. The minimum absolute atomic E-state index is 0.0486. The average molecular weight is 362 g/mol. The van der Waals surface area contributed by atoms with Gasteiger partial charge in [0.15, 0.2) is 0 Å². The predicted molar refractivity (Wildman–Crippen MR) is 96.3 cm³/mol. The summed E-state index contributed by atoms with van der Waals surface area (Å²) >= 11 is 0. The summed E-state index contributed by atoms with van der Waals surface area (Å²) < 4.78 is 55.3. The van der Waals surface area contributed by atoms with Gasteiger partial charge in [-0.1, -0.05) is 36.4 Å². The molecule has 2 aromatic carbocycles. The maximum Gasteiger partial charge on any atom is 0.494 e. The van der Waals surface area contributed by atoms with E-state index in [1.54, 1.807) is 12.1 Å². The predicted octanol–water partition coefficient (Wildman–Crippen LogP) is 4.57. The van der Waals surface area contributed by atoms with Crippen molar-refractivity contribution < 1.29 is 22.5 Å². The smallest absolute Gasteiger partial charge is 0.399 e. The lowest BCUT2D eigenvalue weighted by Gasteiger charge is -2.32. The maximum absolute atomic E-state index is 14.9. The van der Waals surface area contributed by atoms with Crippen LogP contribution in [0.4, 0.5) is 13.2 Å². The first kappa shape index (κ1) is 19.0. The molecule has 2 aromatic rings. The summed E-state index contributed by atoms with van der Waals surface area (Å²) in [6, 6.07) is 9.54. The topological polar surface area (TPSA) is 18.5 Å². The van der Waals surface area contributed by atoms with Crippen LogP contribution in [0.3, 0.4) is 0 Å². The summed E-state index contributed by atoms with van der Waals surface area (Å²) in [7, 11) is -0.612. The van der Waals surface area contributed by atoms with Gasteiger partial charge in [-0.15, -0.1) is 0 Å². The molecule has 0 atom stereocenters. The van der Waals surface area contributed by atoms with Crippen molar-refractivity contribution in [3.63, 3.8) is 0 Å². The molecule has 0 aromatic heterocycles. The van der Waals surface area contributed by atoms with E-state index >= 15 is 0 Å². The molecule has 0 spiro atoms. The Bertz CT molecular complexity index is 800. The molecule has 0 amide bonds. The van der Waals surface area contributed by atoms with E-state index in [0.29, 0.717) is 5.46 Å². The first-order chi connectivity index (χ1) is 12.0. The number of hydrogen-bond donors (Lipinski definition) is 0. The lowest BCUT2D eigenvalue weighted by atomic mass is 9.78. The number of alkyl halides is 2. The maximum atomic E-state index is 14.9. The monoisotopic (exact) mass is 362 g/mol. The molecule has 0 bridgehead atoms. The zero-order chi connectivity index (χ0) is 19.3. The van der Waals surface area contributed by atoms with Crippen molar-refractivity contribution in [3.05, 3.63) is 65.0 Å². The third-order valence-corrected chi connectivity index (χ3v) is 5.40. The van der Waals surface area contributed by atoms with Crippen LogP contribution in [0.15, 0.2) is 42.5 Å². The van der Waals surface area contributed by atoms with E-state index < -0.39 is 30.1 Å². The molecule has 1 aliphatic rings. The fourth-order valence-corrected chi connectivity index (χ4v) is 2.93. The van der Waals surface area contributed by atoms with Crippen LogP contribution in [-0.2, 0) is 15.2 Å². The van der Waals surface area contributed by atoms with Crippen LogP contribution in [0.2, 0.25) is 0 Å². The van der Waals surface area contributed by atoms with Crippen LogP contribution < -0.4 is 5.46 Å². The normalized spacial score (nSPS) is 19.0. The Labute approximate surface area is 152 Å². The summed E-state index contributed by atoms with van der Waals surface area (Å²) in [6.07, 6.45) is 0. The molecule has 0 unspecified atom stereocenters. The Morgan fingerprint density at radius 3 is 1.96 bits per heavy atom. The van der Waals surface area contributed by atoms with Gasteiger partial charge in [0, 0.05) is 11.1 Å². The highest BCUT2D eigenvalue weighted by Gasteiger charge is 2.51. The lowest BCUT2D eigenvalue weighted by molar-refractivity contribution is 0.00578. The van der Waals surface area contributed by atoms with Gasteiger partial charge in [-0.05, 0) is 51.7 Å². The minimum atomic E-state index is -3.29. The largest absolute Gasteiger partial charge is 0.494 e. The van der Waals surface area contributed by atoms with Gasteiger partial charge in [-0.2, -0.15) is 8.78 Å². The molecule has 1 saturated heterocycles. The van der Waals surface area contributed by atoms with Gasteiger partial charge in [0.1, 0.15) is 5.82 Å². The molecular weight excluding hydrogens is 340 g/mol. The Hall–Kier alpha value is -1.79. The van der Waals surface area contributed by atoms with Crippen LogP contribution in [0.25, 0.3) is 0 Å². The van der Waals surface area contributed by atoms with Gasteiger partial charge >= 0.3 is 7.12 Å². The van der Waals surface area contributed by atoms with Crippen LogP contribution in [0, 0.1) is 12.7 Å². The second-order valence-electron chi connectivity index (χ2n) is 7.70. The van der Waals surface area contributed by atoms with Gasteiger partial charge < -0.3 is 9.31 Å². The van der Waals surface area contributed by atoms with Crippen LogP contribution >= 0.6 is 0 Å². The first-order valence-corrected chi connectivity index (χ1v) is 8.55. The van der Waals surface area contributed by atoms with Crippen molar-refractivity contribution in [2.45, 2.75) is 51.7 Å². The Kier molecular flexibility index (Phi) is 4.48. The highest BCUT2D eigenvalue weighted by molar-refractivity contribution is 6.62. The summed E-state index contributed by atoms with van der Waals surface area (Å²) in [5.74, 6) is -3.93. The van der Waals surface area contributed by atoms with E-state index in [2.05, 4.69) is 0 Å². The van der Waals surface area contributed by atoms with E-state index in [1.807, 2.05) is 27.7 Å². The van der Waals surface area contributed by atoms with E-state index in [1.165, 1.54) is 37.3 Å². The zero-order valence-corrected chi connectivity index (χ0v) is 15.6. The number of hydrogen-bond acceptors (Lipinski definition) is 2. The van der Waals surface area contributed by atoms with E-state index in [4.69, 9.17) is 9.31 Å². The second-order valence-corrected chi connectivity index (χ2v) is 7.70. The molecule has 3 rings (SSSR count). The van der Waals surface area contributed by atoms with Crippen molar-refractivity contribution in [1.29, 1.82) is 0 Å². The average Bonchev–Trinajstić information content (AvgIpc) is 2.78. The van der Waals surface area contributed by atoms with E-state index in [-0.39, 0.29) is 16.7 Å². The first-order valence-electron chi connectivity index (χ1n) is 8.55. The van der Waals surface area contributed by atoms with E-state index in [9.17, 15) is 13.2 Å². The zero-order valence-electron chi connectivity index (χ0n) is 15.6. The lowest BCUT2D eigenvalue weighted by Crippen LogP contribution is -2.41. The summed E-state index contributed by atoms with van der Waals surface area (Å²) in [6.45, 7) is 9.09. The third kappa shape index (κ3) is 3.05. The summed E-state index contributed by atoms with van der Waals surface area (Å²) in [5.41, 5.74) is -0.920. The molecule has 0 saturated carbocycles. The van der Waals surface area contributed by atoms with Crippen LogP contribution in [0.5, 0.6) is 0 Å². The molecule has 1 heterocycles. The van der Waals surface area contributed by atoms with Crippen molar-refractivity contribution >= 4 is 12.6 Å². The van der Waals surface area contributed by atoms with Crippen molar-refractivity contribution in [3.8, 4) is 0 Å². The minimum Gasteiger partial charge on any atom is -0.399 e. The fraction of sp³-hybridized carbons (Fsp3) is 0.400. The van der Waals surface area contributed by atoms with Gasteiger partial charge in [-0.3, -0.25) is 0 Å². The summed E-state index contributed by atoms with van der Waals surface area (Å²) in [5, 5.41) is 0. The Morgan fingerprint density at radius 2 is 1.42 bits per heavy atom.